The highest BCUT2D eigenvalue weighted by Gasteiger charge is 2.12. The lowest BCUT2D eigenvalue weighted by Gasteiger charge is -2.15. The molecule has 0 unspecified atom stereocenters. The van der Waals surface area contributed by atoms with Crippen LogP contribution in [0.15, 0.2) is 42.5 Å². The van der Waals surface area contributed by atoms with Gasteiger partial charge in [-0.2, -0.15) is 0 Å². The van der Waals surface area contributed by atoms with E-state index in [2.05, 4.69) is 16.0 Å². The zero-order valence-corrected chi connectivity index (χ0v) is 13.2. The molecule has 0 aliphatic rings. The maximum atomic E-state index is 13.2. The van der Waals surface area contributed by atoms with Gasteiger partial charge in [-0.1, -0.05) is 6.07 Å². The summed E-state index contributed by atoms with van der Waals surface area (Å²) in [6, 6.07) is 9.04. The molecule has 2 aromatic carbocycles. The molecule has 126 valence electrons. The van der Waals surface area contributed by atoms with Crippen LogP contribution in [0.2, 0.25) is 0 Å². The molecule has 0 aliphatic heterocycles. The lowest BCUT2D eigenvalue weighted by atomic mass is 10.1. The van der Waals surface area contributed by atoms with Crippen molar-refractivity contribution in [3.8, 4) is 0 Å². The van der Waals surface area contributed by atoms with E-state index in [-0.39, 0.29) is 5.91 Å². The van der Waals surface area contributed by atoms with E-state index >= 15 is 0 Å². The van der Waals surface area contributed by atoms with Gasteiger partial charge in [0.15, 0.2) is 11.6 Å². The molecule has 0 spiro atoms. The Morgan fingerprint density at radius 1 is 0.917 bits per heavy atom. The van der Waals surface area contributed by atoms with Gasteiger partial charge in [0.1, 0.15) is 0 Å². The first-order valence-corrected chi connectivity index (χ1v) is 7.25. The fraction of sp³-hybridized carbons (Fsp3) is 0.176. The van der Waals surface area contributed by atoms with E-state index in [1.54, 1.807) is 31.2 Å². The summed E-state index contributed by atoms with van der Waals surface area (Å²) < 4.78 is 26.1. The number of rotatable bonds is 4. The van der Waals surface area contributed by atoms with Crippen molar-refractivity contribution in [2.45, 2.75) is 19.9 Å². The first-order chi connectivity index (χ1) is 11.3. The van der Waals surface area contributed by atoms with Gasteiger partial charge in [-0.05, 0) is 48.9 Å². The Morgan fingerprint density at radius 2 is 1.50 bits per heavy atom. The van der Waals surface area contributed by atoms with Crippen molar-refractivity contribution in [2.24, 2.45) is 0 Å². The Kier molecular flexibility index (Phi) is 5.47. The highest BCUT2D eigenvalue weighted by molar-refractivity contribution is 5.91. The molecular formula is C17H17F2N3O2. The molecule has 24 heavy (non-hydrogen) atoms. The first kappa shape index (κ1) is 17.4. The predicted octanol–water partition coefficient (Wildman–Crippen LogP) is 3.81. The standard InChI is InChI=1S/C17H17F2N3O2/c1-10(12-3-8-15(18)16(19)9-12)20-17(24)22-14-6-4-13(5-7-14)21-11(2)23/h3-10H,1-2H3,(H,21,23)(H2,20,22,24)/t10-/m1/s1. The number of benzene rings is 2. The molecule has 5 nitrogen and oxygen atoms in total. The summed E-state index contributed by atoms with van der Waals surface area (Å²) in [7, 11) is 0. The van der Waals surface area contributed by atoms with Gasteiger partial charge < -0.3 is 16.0 Å². The van der Waals surface area contributed by atoms with Gasteiger partial charge in [0.25, 0.3) is 0 Å². The summed E-state index contributed by atoms with van der Waals surface area (Å²) in [5, 5.41) is 7.86. The molecule has 2 aromatic rings. The number of urea groups is 1. The zero-order valence-electron chi connectivity index (χ0n) is 13.2. The molecule has 0 heterocycles. The van der Waals surface area contributed by atoms with Gasteiger partial charge in [0.2, 0.25) is 5.91 Å². The summed E-state index contributed by atoms with van der Waals surface area (Å²) in [6.07, 6.45) is 0. The van der Waals surface area contributed by atoms with Crippen LogP contribution in [0.4, 0.5) is 25.0 Å². The van der Waals surface area contributed by atoms with Crippen molar-refractivity contribution in [3.63, 3.8) is 0 Å². The molecule has 0 saturated heterocycles. The minimum Gasteiger partial charge on any atom is -0.331 e. The number of carbonyl (C=O) groups excluding carboxylic acids is 2. The zero-order chi connectivity index (χ0) is 17.7. The van der Waals surface area contributed by atoms with Crippen LogP contribution in [0.1, 0.15) is 25.5 Å². The van der Waals surface area contributed by atoms with Gasteiger partial charge in [-0.15, -0.1) is 0 Å². The van der Waals surface area contributed by atoms with Crippen molar-refractivity contribution in [1.82, 2.24) is 5.32 Å². The fourth-order valence-electron chi connectivity index (χ4n) is 2.07. The van der Waals surface area contributed by atoms with Crippen LogP contribution >= 0.6 is 0 Å². The minimum absolute atomic E-state index is 0.186. The molecule has 1 atom stereocenters. The highest BCUT2D eigenvalue weighted by atomic mass is 19.2. The van der Waals surface area contributed by atoms with Crippen molar-refractivity contribution < 1.29 is 18.4 Å². The molecule has 2 rings (SSSR count). The monoisotopic (exact) mass is 333 g/mol. The highest BCUT2D eigenvalue weighted by Crippen LogP contribution is 2.17. The second-order valence-electron chi connectivity index (χ2n) is 5.25. The molecular weight excluding hydrogens is 316 g/mol. The topological polar surface area (TPSA) is 70.2 Å². The SMILES string of the molecule is CC(=O)Nc1ccc(NC(=O)N[C@H](C)c2ccc(F)c(F)c2)cc1. The van der Waals surface area contributed by atoms with Gasteiger partial charge >= 0.3 is 6.03 Å². The predicted molar refractivity (Wildman–Crippen MR) is 87.7 cm³/mol. The fourth-order valence-corrected chi connectivity index (χ4v) is 2.07. The summed E-state index contributed by atoms with van der Waals surface area (Å²) in [6.45, 7) is 3.06. The molecule has 0 saturated carbocycles. The van der Waals surface area contributed by atoms with Crippen LogP contribution in [0.5, 0.6) is 0 Å². The molecule has 7 heteroatoms. The summed E-state index contributed by atoms with van der Waals surface area (Å²) in [5.74, 6) is -2.08. The maximum absolute atomic E-state index is 13.2. The minimum atomic E-state index is -0.963. The quantitative estimate of drug-likeness (QED) is 0.796. The van der Waals surface area contributed by atoms with E-state index in [1.165, 1.54) is 13.0 Å². The Balaban J connectivity index is 1.94. The molecule has 0 fully saturated rings. The molecule has 0 aromatic heterocycles. The van der Waals surface area contributed by atoms with Crippen LogP contribution in [-0.4, -0.2) is 11.9 Å². The second kappa shape index (κ2) is 7.54. The van der Waals surface area contributed by atoms with E-state index in [9.17, 15) is 18.4 Å². The third kappa shape index (κ3) is 4.77. The number of amides is 3. The summed E-state index contributed by atoms with van der Waals surface area (Å²) in [5.41, 5.74) is 1.59. The van der Waals surface area contributed by atoms with E-state index in [1.807, 2.05) is 0 Å². The Morgan fingerprint density at radius 3 is 2.04 bits per heavy atom. The smallest absolute Gasteiger partial charge is 0.319 e. The number of hydrogen-bond acceptors (Lipinski definition) is 2. The van der Waals surface area contributed by atoms with Crippen LogP contribution < -0.4 is 16.0 Å². The molecule has 0 bridgehead atoms. The van der Waals surface area contributed by atoms with Crippen molar-refractivity contribution in [3.05, 3.63) is 59.7 Å². The van der Waals surface area contributed by atoms with Gasteiger partial charge in [0, 0.05) is 18.3 Å². The van der Waals surface area contributed by atoms with Crippen LogP contribution in [-0.2, 0) is 4.79 Å². The van der Waals surface area contributed by atoms with Crippen molar-refractivity contribution >= 4 is 23.3 Å². The normalized spacial score (nSPS) is 11.5. The van der Waals surface area contributed by atoms with Crippen LogP contribution in [0.3, 0.4) is 0 Å². The summed E-state index contributed by atoms with van der Waals surface area (Å²) in [4.78, 5) is 22.9. The molecule has 3 amide bonds. The molecule has 3 N–H and O–H groups in total. The number of halogens is 2. The number of hydrogen-bond donors (Lipinski definition) is 3. The number of carbonyl (C=O) groups is 2. The molecule has 0 radical (unpaired) electrons. The second-order valence-corrected chi connectivity index (χ2v) is 5.25. The number of anilines is 2. The van der Waals surface area contributed by atoms with Gasteiger partial charge in [-0.25, -0.2) is 13.6 Å². The van der Waals surface area contributed by atoms with Crippen molar-refractivity contribution in [2.75, 3.05) is 10.6 Å². The average molecular weight is 333 g/mol. The average Bonchev–Trinajstić information content (AvgIpc) is 2.51. The maximum Gasteiger partial charge on any atom is 0.319 e. The Labute approximate surface area is 138 Å². The third-order valence-electron chi connectivity index (χ3n) is 3.25. The third-order valence-corrected chi connectivity index (χ3v) is 3.25. The number of nitrogens with one attached hydrogen (secondary N) is 3. The lowest BCUT2D eigenvalue weighted by molar-refractivity contribution is -0.114. The molecule has 0 aliphatic carbocycles. The first-order valence-electron chi connectivity index (χ1n) is 7.25. The lowest BCUT2D eigenvalue weighted by Crippen LogP contribution is -2.31. The van der Waals surface area contributed by atoms with E-state index in [0.717, 1.165) is 12.1 Å². The summed E-state index contributed by atoms with van der Waals surface area (Å²) >= 11 is 0. The largest absolute Gasteiger partial charge is 0.331 e. The Bertz CT molecular complexity index is 748. The van der Waals surface area contributed by atoms with Gasteiger partial charge in [0.05, 0.1) is 6.04 Å². The van der Waals surface area contributed by atoms with Gasteiger partial charge in [-0.3, -0.25) is 4.79 Å². The van der Waals surface area contributed by atoms with Crippen LogP contribution in [0.25, 0.3) is 0 Å². The van der Waals surface area contributed by atoms with E-state index < -0.39 is 23.7 Å². The van der Waals surface area contributed by atoms with E-state index in [0.29, 0.717) is 16.9 Å². The Hall–Kier alpha value is -2.96. The van der Waals surface area contributed by atoms with Crippen LogP contribution in [0, 0.1) is 11.6 Å². The van der Waals surface area contributed by atoms with E-state index in [4.69, 9.17) is 0 Å². The van der Waals surface area contributed by atoms with Crippen molar-refractivity contribution in [1.29, 1.82) is 0 Å².